The molecule has 0 bridgehead atoms. The summed E-state index contributed by atoms with van der Waals surface area (Å²) in [5.41, 5.74) is 1.47. The van der Waals surface area contributed by atoms with E-state index in [0.717, 1.165) is 62.8 Å². The number of benzene rings is 1. The molecule has 173 valence electrons. The van der Waals surface area contributed by atoms with Gasteiger partial charge in [-0.15, -0.1) is 11.3 Å². The molecule has 1 atom stereocenters. The van der Waals surface area contributed by atoms with Crippen LogP contribution in [0.5, 0.6) is 5.75 Å². The van der Waals surface area contributed by atoms with Crippen LogP contribution in [-0.2, 0) is 16.0 Å². The van der Waals surface area contributed by atoms with Crippen LogP contribution in [0.1, 0.15) is 54.3 Å². The SMILES string of the molecule is Cc1sc(N2CCOCC2)nc1CCOc1[c]c(C(O)C(=O)NC2CCCCC2)ccc1. The quantitative estimate of drug-likeness (QED) is 0.632. The number of carbonyl (C=O) groups is 1. The van der Waals surface area contributed by atoms with Gasteiger partial charge in [0.15, 0.2) is 11.2 Å². The second kappa shape index (κ2) is 11.1. The summed E-state index contributed by atoms with van der Waals surface area (Å²) in [6.07, 6.45) is 4.89. The van der Waals surface area contributed by atoms with Crippen molar-refractivity contribution in [3.8, 4) is 5.75 Å². The number of rotatable bonds is 8. The van der Waals surface area contributed by atoms with Gasteiger partial charge in [0, 0.05) is 42.1 Å². The van der Waals surface area contributed by atoms with Gasteiger partial charge in [-0.2, -0.15) is 0 Å². The summed E-state index contributed by atoms with van der Waals surface area (Å²) in [5, 5.41) is 14.5. The van der Waals surface area contributed by atoms with Gasteiger partial charge in [0.2, 0.25) is 0 Å². The van der Waals surface area contributed by atoms with Gasteiger partial charge in [-0.1, -0.05) is 31.4 Å². The summed E-state index contributed by atoms with van der Waals surface area (Å²) >= 11 is 1.71. The van der Waals surface area contributed by atoms with Crippen LogP contribution in [0, 0.1) is 13.0 Å². The number of aryl methyl sites for hydroxylation is 1. The van der Waals surface area contributed by atoms with Gasteiger partial charge in [0.1, 0.15) is 5.75 Å². The average molecular weight is 459 g/mol. The lowest BCUT2D eigenvalue weighted by atomic mass is 9.95. The minimum Gasteiger partial charge on any atom is -0.493 e. The van der Waals surface area contributed by atoms with Gasteiger partial charge in [0.25, 0.3) is 5.91 Å². The highest BCUT2D eigenvalue weighted by Crippen LogP contribution is 2.27. The summed E-state index contributed by atoms with van der Waals surface area (Å²) in [4.78, 5) is 20.7. The fraction of sp³-hybridized carbons (Fsp3) is 0.583. The van der Waals surface area contributed by atoms with E-state index in [1.165, 1.54) is 11.3 Å². The highest BCUT2D eigenvalue weighted by molar-refractivity contribution is 7.15. The van der Waals surface area contributed by atoms with E-state index < -0.39 is 6.10 Å². The van der Waals surface area contributed by atoms with Crippen molar-refractivity contribution in [2.24, 2.45) is 0 Å². The van der Waals surface area contributed by atoms with Crippen LogP contribution in [0.4, 0.5) is 5.13 Å². The molecule has 32 heavy (non-hydrogen) atoms. The molecule has 1 unspecified atom stereocenters. The lowest BCUT2D eigenvalue weighted by molar-refractivity contribution is -0.130. The highest BCUT2D eigenvalue weighted by Gasteiger charge is 2.23. The van der Waals surface area contributed by atoms with E-state index in [4.69, 9.17) is 14.5 Å². The monoisotopic (exact) mass is 458 g/mol. The van der Waals surface area contributed by atoms with E-state index in [1.54, 1.807) is 29.5 Å². The third kappa shape index (κ3) is 5.99. The number of nitrogens with zero attached hydrogens (tertiary/aromatic N) is 2. The Morgan fingerprint density at radius 3 is 2.91 bits per heavy atom. The zero-order valence-electron chi connectivity index (χ0n) is 18.6. The number of ether oxygens (including phenoxy) is 2. The molecule has 1 aromatic heterocycles. The molecule has 2 heterocycles. The number of thiazole rings is 1. The predicted octanol–water partition coefficient (Wildman–Crippen LogP) is 3.19. The van der Waals surface area contributed by atoms with Crippen LogP contribution in [0.15, 0.2) is 18.2 Å². The first-order valence-electron chi connectivity index (χ1n) is 11.5. The summed E-state index contributed by atoms with van der Waals surface area (Å²) in [6.45, 7) is 5.78. The number of carbonyl (C=O) groups excluding carboxylic acids is 1. The second-order valence-corrected chi connectivity index (χ2v) is 9.60. The van der Waals surface area contributed by atoms with E-state index in [0.29, 0.717) is 24.3 Å². The lowest BCUT2D eigenvalue weighted by Crippen LogP contribution is -2.39. The summed E-state index contributed by atoms with van der Waals surface area (Å²) in [6, 6.07) is 8.49. The molecule has 1 aromatic carbocycles. The molecule has 2 aromatic rings. The first-order valence-corrected chi connectivity index (χ1v) is 12.3. The van der Waals surface area contributed by atoms with E-state index in [9.17, 15) is 9.90 Å². The molecule has 1 saturated heterocycles. The number of nitrogens with one attached hydrogen (secondary N) is 1. The molecule has 8 heteroatoms. The molecule has 1 radical (unpaired) electrons. The van der Waals surface area contributed by atoms with Crippen LogP contribution in [-0.4, -0.2) is 54.9 Å². The third-order valence-electron chi connectivity index (χ3n) is 6.04. The maximum Gasteiger partial charge on any atom is 0.253 e. The number of hydrogen-bond donors (Lipinski definition) is 2. The zero-order chi connectivity index (χ0) is 22.3. The molecular weight excluding hydrogens is 426 g/mol. The highest BCUT2D eigenvalue weighted by atomic mass is 32.1. The van der Waals surface area contributed by atoms with Crippen LogP contribution >= 0.6 is 11.3 Å². The lowest BCUT2D eigenvalue weighted by Gasteiger charge is -2.26. The van der Waals surface area contributed by atoms with Gasteiger partial charge in [-0.25, -0.2) is 4.98 Å². The normalized spacial score (nSPS) is 18.4. The first kappa shape index (κ1) is 23.0. The summed E-state index contributed by atoms with van der Waals surface area (Å²) in [5.74, 6) is 0.160. The summed E-state index contributed by atoms with van der Waals surface area (Å²) in [7, 11) is 0. The van der Waals surface area contributed by atoms with Crippen molar-refractivity contribution in [2.75, 3.05) is 37.8 Å². The largest absolute Gasteiger partial charge is 0.493 e. The Bertz CT molecular complexity index is 891. The number of anilines is 1. The number of aliphatic hydroxyl groups excluding tert-OH is 1. The second-order valence-electron chi connectivity index (χ2n) is 8.41. The number of morpholine rings is 1. The number of amides is 1. The van der Waals surface area contributed by atoms with Crippen molar-refractivity contribution in [2.45, 2.75) is 57.6 Å². The number of aromatic nitrogens is 1. The van der Waals surface area contributed by atoms with E-state index in [2.05, 4.69) is 23.2 Å². The molecule has 7 nitrogen and oxygen atoms in total. The van der Waals surface area contributed by atoms with Crippen LogP contribution in [0.3, 0.4) is 0 Å². The fourth-order valence-electron chi connectivity index (χ4n) is 4.17. The van der Waals surface area contributed by atoms with Crippen molar-refractivity contribution in [1.82, 2.24) is 10.3 Å². The van der Waals surface area contributed by atoms with Crippen LogP contribution in [0.25, 0.3) is 0 Å². The molecular formula is C24H32N3O4S. The molecule has 1 saturated carbocycles. The molecule has 2 N–H and O–H groups in total. The van der Waals surface area contributed by atoms with E-state index in [1.807, 2.05) is 0 Å². The Labute approximate surface area is 193 Å². The maximum absolute atomic E-state index is 12.5. The van der Waals surface area contributed by atoms with Crippen molar-refractivity contribution in [3.63, 3.8) is 0 Å². The smallest absolute Gasteiger partial charge is 0.253 e. The molecule has 1 aliphatic heterocycles. The van der Waals surface area contributed by atoms with E-state index >= 15 is 0 Å². The minimum absolute atomic E-state index is 0.161. The average Bonchev–Trinajstić information content (AvgIpc) is 3.20. The van der Waals surface area contributed by atoms with Gasteiger partial charge in [-0.05, 0) is 25.8 Å². The van der Waals surface area contributed by atoms with Crippen molar-refractivity contribution >= 4 is 22.4 Å². The molecule has 2 aliphatic rings. The van der Waals surface area contributed by atoms with Crippen molar-refractivity contribution in [1.29, 1.82) is 0 Å². The van der Waals surface area contributed by atoms with Crippen LogP contribution in [0.2, 0.25) is 0 Å². The molecule has 1 aliphatic carbocycles. The minimum atomic E-state index is -1.24. The fourth-order valence-corrected chi connectivity index (χ4v) is 5.18. The molecule has 4 rings (SSSR count). The molecule has 1 amide bonds. The topological polar surface area (TPSA) is 83.9 Å². The van der Waals surface area contributed by atoms with Crippen molar-refractivity contribution < 1.29 is 19.4 Å². The van der Waals surface area contributed by atoms with Crippen molar-refractivity contribution in [3.05, 3.63) is 40.4 Å². The molecule has 2 fully saturated rings. The number of hydrogen-bond acceptors (Lipinski definition) is 7. The van der Waals surface area contributed by atoms with E-state index in [-0.39, 0.29) is 11.9 Å². The Balaban J connectivity index is 1.29. The zero-order valence-corrected chi connectivity index (χ0v) is 19.5. The standard InChI is InChI=1S/C24H32N3O4S/c1-17-21(26-24(32-17)27-11-14-30-15-12-27)10-13-31-20-9-5-6-18(16-20)22(28)23(29)25-19-7-3-2-4-8-19/h5-6,9,19,22,28H,2-4,7-8,10-15H2,1H3,(H,25,29). The Morgan fingerprint density at radius 1 is 1.34 bits per heavy atom. The Morgan fingerprint density at radius 2 is 2.12 bits per heavy atom. The first-order chi connectivity index (χ1) is 15.6. The van der Waals surface area contributed by atoms with Gasteiger partial charge in [-0.3, -0.25) is 4.79 Å². The summed E-state index contributed by atoms with van der Waals surface area (Å²) < 4.78 is 11.3. The Kier molecular flexibility index (Phi) is 8.00. The Hall–Kier alpha value is -2.16. The van der Waals surface area contributed by atoms with Gasteiger partial charge < -0.3 is 24.8 Å². The third-order valence-corrected chi connectivity index (χ3v) is 7.12. The maximum atomic E-state index is 12.5. The van der Waals surface area contributed by atoms with Gasteiger partial charge in [0.05, 0.1) is 25.5 Å². The van der Waals surface area contributed by atoms with Crippen LogP contribution < -0.4 is 15.0 Å². The number of aliphatic hydroxyl groups is 1. The predicted molar refractivity (Wildman–Crippen MR) is 124 cm³/mol. The van der Waals surface area contributed by atoms with Gasteiger partial charge >= 0.3 is 0 Å². The molecule has 0 spiro atoms.